The minimum atomic E-state index is -1.50. The molecule has 0 saturated carbocycles. The summed E-state index contributed by atoms with van der Waals surface area (Å²) in [7, 11) is 0. The van der Waals surface area contributed by atoms with Crippen LogP contribution in [-0.2, 0) is 9.59 Å². The number of carbonyl (C=O) groups excluding carboxylic acids is 1. The molecule has 3 N–H and O–H groups in total. The summed E-state index contributed by atoms with van der Waals surface area (Å²) in [5.41, 5.74) is -2.48. The first kappa shape index (κ1) is 13.0. The van der Waals surface area contributed by atoms with E-state index in [1.165, 1.54) is 6.92 Å². The van der Waals surface area contributed by atoms with Crippen molar-refractivity contribution in [1.82, 2.24) is 5.32 Å². The Bertz CT molecular complexity index is 311. The lowest BCUT2D eigenvalue weighted by atomic mass is 9.65. The average Bonchev–Trinajstić information content (AvgIpc) is 2.51. The molecule has 0 spiro atoms. The minimum absolute atomic E-state index is 0.0149. The van der Waals surface area contributed by atoms with Crippen molar-refractivity contribution in [2.24, 2.45) is 11.3 Å². The molecular weight excluding hydrogens is 210 g/mol. The summed E-state index contributed by atoms with van der Waals surface area (Å²) in [6.07, 6.45) is 0.868. The second-order valence-corrected chi connectivity index (χ2v) is 4.46. The highest BCUT2D eigenvalue weighted by molar-refractivity contribution is 5.88. The van der Waals surface area contributed by atoms with Gasteiger partial charge in [-0.1, -0.05) is 13.8 Å². The summed E-state index contributed by atoms with van der Waals surface area (Å²) in [6.45, 7) is 5.06. The molecule has 0 aromatic heterocycles. The lowest BCUT2D eigenvalue weighted by Crippen LogP contribution is -2.55. The highest BCUT2D eigenvalue weighted by Crippen LogP contribution is 2.46. The number of amides is 1. The molecule has 2 unspecified atom stereocenters. The number of carbonyl (C=O) groups is 2. The van der Waals surface area contributed by atoms with E-state index in [1.807, 2.05) is 0 Å². The minimum Gasteiger partial charge on any atom is -0.481 e. The van der Waals surface area contributed by atoms with Gasteiger partial charge in [-0.2, -0.15) is 0 Å². The molecule has 0 bridgehead atoms. The van der Waals surface area contributed by atoms with Crippen LogP contribution in [0.25, 0.3) is 0 Å². The van der Waals surface area contributed by atoms with Gasteiger partial charge in [0, 0.05) is 6.54 Å². The number of aliphatic hydroxyl groups is 1. The van der Waals surface area contributed by atoms with Crippen LogP contribution < -0.4 is 5.32 Å². The third kappa shape index (κ3) is 1.42. The van der Waals surface area contributed by atoms with Crippen LogP contribution in [0, 0.1) is 11.3 Å². The lowest BCUT2D eigenvalue weighted by molar-refractivity contribution is -0.163. The van der Waals surface area contributed by atoms with Crippen LogP contribution in [0.4, 0.5) is 0 Å². The van der Waals surface area contributed by atoms with E-state index < -0.39 is 22.9 Å². The summed E-state index contributed by atoms with van der Waals surface area (Å²) in [6, 6.07) is 0. The van der Waals surface area contributed by atoms with Crippen molar-refractivity contribution >= 4 is 11.9 Å². The molecule has 0 radical (unpaired) electrons. The Morgan fingerprint density at radius 2 is 2.00 bits per heavy atom. The topological polar surface area (TPSA) is 86.6 Å². The molecule has 0 aliphatic carbocycles. The largest absolute Gasteiger partial charge is 0.481 e. The number of carboxylic acids is 1. The van der Waals surface area contributed by atoms with Crippen molar-refractivity contribution in [3.8, 4) is 0 Å². The summed E-state index contributed by atoms with van der Waals surface area (Å²) >= 11 is 0. The van der Waals surface area contributed by atoms with Crippen molar-refractivity contribution in [2.45, 2.75) is 39.2 Å². The number of carboxylic acid groups (broad SMARTS) is 1. The lowest BCUT2D eigenvalue weighted by Gasteiger charge is -2.40. The Hall–Kier alpha value is -1.10. The Morgan fingerprint density at radius 3 is 2.38 bits per heavy atom. The zero-order valence-electron chi connectivity index (χ0n) is 9.91. The highest BCUT2D eigenvalue weighted by Gasteiger charge is 2.61. The normalized spacial score (nSPS) is 29.9. The fourth-order valence-corrected chi connectivity index (χ4v) is 2.71. The average molecular weight is 229 g/mol. The van der Waals surface area contributed by atoms with Gasteiger partial charge in [0.25, 0.3) is 0 Å². The van der Waals surface area contributed by atoms with Crippen LogP contribution in [0.15, 0.2) is 0 Å². The Kier molecular flexibility index (Phi) is 3.28. The molecule has 92 valence electrons. The van der Waals surface area contributed by atoms with Crippen molar-refractivity contribution < 1.29 is 19.8 Å². The third-order valence-corrected chi connectivity index (χ3v) is 4.08. The molecule has 1 fully saturated rings. The van der Waals surface area contributed by atoms with Gasteiger partial charge in [0.1, 0.15) is 5.60 Å². The van der Waals surface area contributed by atoms with Gasteiger partial charge in [-0.05, 0) is 19.8 Å². The Labute approximate surface area is 94.8 Å². The molecule has 1 saturated heterocycles. The highest BCUT2D eigenvalue weighted by atomic mass is 16.4. The van der Waals surface area contributed by atoms with E-state index in [-0.39, 0.29) is 12.5 Å². The van der Waals surface area contributed by atoms with E-state index in [9.17, 15) is 14.7 Å². The number of nitrogens with one attached hydrogen (secondary N) is 1. The van der Waals surface area contributed by atoms with Gasteiger partial charge >= 0.3 is 5.97 Å². The van der Waals surface area contributed by atoms with Crippen LogP contribution in [-0.4, -0.2) is 34.2 Å². The maximum absolute atomic E-state index is 11.8. The number of hydrogen-bond acceptors (Lipinski definition) is 3. The maximum atomic E-state index is 11.8. The Morgan fingerprint density at radius 1 is 1.50 bits per heavy atom. The van der Waals surface area contributed by atoms with E-state index in [4.69, 9.17) is 5.11 Å². The molecule has 0 aromatic rings. The Balaban J connectivity index is 3.21. The summed E-state index contributed by atoms with van der Waals surface area (Å²) in [5.74, 6) is -2.29. The monoisotopic (exact) mass is 229 g/mol. The van der Waals surface area contributed by atoms with E-state index in [0.29, 0.717) is 12.8 Å². The van der Waals surface area contributed by atoms with Crippen LogP contribution in [0.3, 0.4) is 0 Å². The van der Waals surface area contributed by atoms with E-state index in [2.05, 4.69) is 5.32 Å². The summed E-state index contributed by atoms with van der Waals surface area (Å²) < 4.78 is 0. The number of rotatable bonds is 4. The standard InChI is InChI=1S/C11H19NO4/c1-4-10(5-2)9(15)12-6-11(10,16)7(3)8(13)14/h7,16H,4-6H2,1-3H3,(H,12,15)(H,13,14). The number of β-amino-alcohol motifs (C(OH)–C–C–N with tert-alkyl or cyclic N) is 1. The predicted molar refractivity (Wildman–Crippen MR) is 57.8 cm³/mol. The summed E-state index contributed by atoms with van der Waals surface area (Å²) in [4.78, 5) is 22.9. The van der Waals surface area contributed by atoms with Gasteiger partial charge in [0.05, 0.1) is 11.3 Å². The molecule has 2 atom stereocenters. The van der Waals surface area contributed by atoms with Crippen molar-refractivity contribution in [3.63, 3.8) is 0 Å². The van der Waals surface area contributed by atoms with Gasteiger partial charge in [0.2, 0.25) is 5.91 Å². The number of hydrogen-bond donors (Lipinski definition) is 3. The van der Waals surface area contributed by atoms with Crippen molar-refractivity contribution in [3.05, 3.63) is 0 Å². The zero-order chi connectivity index (χ0) is 12.6. The fourth-order valence-electron chi connectivity index (χ4n) is 2.71. The smallest absolute Gasteiger partial charge is 0.309 e. The van der Waals surface area contributed by atoms with Crippen LogP contribution >= 0.6 is 0 Å². The van der Waals surface area contributed by atoms with Gasteiger partial charge in [-0.15, -0.1) is 0 Å². The van der Waals surface area contributed by atoms with Gasteiger partial charge in [-0.3, -0.25) is 9.59 Å². The SMILES string of the molecule is CCC1(CC)C(=O)NCC1(O)C(C)C(=O)O. The molecule has 5 heteroatoms. The number of aliphatic carboxylic acids is 1. The first-order valence-corrected chi connectivity index (χ1v) is 5.59. The fraction of sp³-hybridized carbons (Fsp3) is 0.818. The maximum Gasteiger partial charge on any atom is 0.309 e. The van der Waals surface area contributed by atoms with Crippen molar-refractivity contribution in [2.75, 3.05) is 6.54 Å². The molecule has 0 aromatic carbocycles. The van der Waals surface area contributed by atoms with Gasteiger partial charge < -0.3 is 15.5 Å². The van der Waals surface area contributed by atoms with Crippen LogP contribution in [0.5, 0.6) is 0 Å². The molecule has 5 nitrogen and oxygen atoms in total. The molecule has 1 heterocycles. The third-order valence-electron chi connectivity index (χ3n) is 4.08. The van der Waals surface area contributed by atoms with E-state index in [0.717, 1.165) is 0 Å². The van der Waals surface area contributed by atoms with Gasteiger partial charge in [0.15, 0.2) is 0 Å². The zero-order valence-corrected chi connectivity index (χ0v) is 9.91. The van der Waals surface area contributed by atoms with Crippen LogP contribution in [0.1, 0.15) is 33.6 Å². The van der Waals surface area contributed by atoms with E-state index in [1.54, 1.807) is 13.8 Å². The van der Waals surface area contributed by atoms with Crippen LogP contribution in [0.2, 0.25) is 0 Å². The van der Waals surface area contributed by atoms with Crippen molar-refractivity contribution in [1.29, 1.82) is 0 Å². The molecule has 1 aliphatic heterocycles. The molecule has 1 aliphatic rings. The molecule has 1 rings (SSSR count). The second-order valence-electron chi connectivity index (χ2n) is 4.46. The molecule has 16 heavy (non-hydrogen) atoms. The first-order chi connectivity index (χ1) is 7.35. The van der Waals surface area contributed by atoms with Gasteiger partial charge in [-0.25, -0.2) is 0 Å². The molecular formula is C11H19NO4. The quantitative estimate of drug-likeness (QED) is 0.650. The predicted octanol–water partition coefficient (Wildman–Crippen LogP) is 0.374. The van der Waals surface area contributed by atoms with E-state index >= 15 is 0 Å². The second kappa shape index (κ2) is 4.05. The molecule has 1 amide bonds. The summed E-state index contributed by atoms with van der Waals surface area (Å²) in [5, 5.41) is 22.2. The first-order valence-electron chi connectivity index (χ1n) is 5.59.